The minimum atomic E-state index is -0.340. The van der Waals surface area contributed by atoms with Gasteiger partial charge in [0.1, 0.15) is 4.88 Å². The van der Waals surface area contributed by atoms with Gasteiger partial charge in [-0.2, -0.15) is 5.10 Å². The summed E-state index contributed by atoms with van der Waals surface area (Å²) in [5.74, 6) is 0.953. The van der Waals surface area contributed by atoms with Crippen LogP contribution >= 0.6 is 11.3 Å². The average molecular weight is 348 g/mol. The van der Waals surface area contributed by atoms with Crippen LogP contribution in [-0.4, -0.2) is 30.8 Å². The van der Waals surface area contributed by atoms with Crippen LogP contribution in [0.4, 0.5) is 5.13 Å². The van der Waals surface area contributed by atoms with Gasteiger partial charge in [-0.15, -0.1) is 0 Å². The molecule has 0 fully saturated rings. The van der Waals surface area contributed by atoms with Gasteiger partial charge in [-0.3, -0.25) is 4.79 Å². The number of nitrogens with two attached hydrogens (primary N) is 1. The Kier molecular flexibility index (Phi) is 6.14. The van der Waals surface area contributed by atoms with Crippen molar-refractivity contribution >= 4 is 28.6 Å². The van der Waals surface area contributed by atoms with E-state index in [1.807, 2.05) is 19.1 Å². The van der Waals surface area contributed by atoms with Crippen LogP contribution < -0.4 is 20.6 Å². The first-order chi connectivity index (χ1) is 11.5. The number of anilines is 1. The van der Waals surface area contributed by atoms with Gasteiger partial charge in [0.05, 0.1) is 25.6 Å². The van der Waals surface area contributed by atoms with Gasteiger partial charge < -0.3 is 15.2 Å². The maximum absolute atomic E-state index is 12.0. The Morgan fingerprint density at radius 1 is 1.46 bits per heavy atom. The lowest BCUT2D eigenvalue weighted by Crippen LogP contribution is -2.17. The van der Waals surface area contributed by atoms with Crippen molar-refractivity contribution < 1.29 is 14.3 Å². The molecule has 24 heavy (non-hydrogen) atoms. The third-order valence-corrected chi connectivity index (χ3v) is 4.03. The third kappa shape index (κ3) is 4.45. The van der Waals surface area contributed by atoms with Gasteiger partial charge in [0, 0.05) is 0 Å². The molecule has 1 aromatic heterocycles. The monoisotopic (exact) mass is 348 g/mol. The highest BCUT2D eigenvalue weighted by Crippen LogP contribution is 2.27. The molecule has 7 nitrogen and oxygen atoms in total. The van der Waals surface area contributed by atoms with Gasteiger partial charge >= 0.3 is 0 Å². The largest absolute Gasteiger partial charge is 0.493 e. The molecule has 1 amide bonds. The molecule has 0 aliphatic carbocycles. The number of nitrogens with zero attached hydrogens (tertiary/aromatic N) is 2. The van der Waals surface area contributed by atoms with Crippen molar-refractivity contribution in [2.24, 2.45) is 5.10 Å². The number of benzene rings is 1. The molecule has 0 unspecified atom stereocenters. The summed E-state index contributed by atoms with van der Waals surface area (Å²) in [6.07, 6.45) is 2.45. The number of thiazole rings is 1. The molecule has 0 spiro atoms. The lowest BCUT2D eigenvalue weighted by atomic mass is 10.2. The normalized spacial score (nSPS) is 10.8. The molecule has 0 aliphatic rings. The zero-order valence-electron chi connectivity index (χ0n) is 13.8. The van der Waals surface area contributed by atoms with Crippen molar-refractivity contribution in [3.63, 3.8) is 0 Å². The van der Waals surface area contributed by atoms with E-state index >= 15 is 0 Å². The highest BCUT2D eigenvalue weighted by molar-refractivity contribution is 7.17. The fourth-order valence-corrected chi connectivity index (χ4v) is 2.66. The fourth-order valence-electron chi connectivity index (χ4n) is 1.94. The van der Waals surface area contributed by atoms with E-state index in [1.165, 1.54) is 6.21 Å². The second-order valence-corrected chi connectivity index (χ2v) is 5.96. The molecule has 0 bridgehead atoms. The van der Waals surface area contributed by atoms with Crippen molar-refractivity contribution in [3.05, 3.63) is 34.3 Å². The standard InChI is InChI=1S/C16H20N4O3S/c1-4-7-23-12-6-5-11(8-13(12)22-3)9-18-20-15(21)14-10(2)19-16(17)24-14/h5-6,8-9H,4,7H2,1-3H3,(H2,17,19)(H,20,21). The summed E-state index contributed by atoms with van der Waals surface area (Å²) in [6.45, 7) is 4.39. The Morgan fingerprint density at radius 3 is 2.88 bits per heavy atom. The number of nitrogen functional groups attached to an aromatic ring is 1. The quantitative estimate of drug-likeness (QED) is 0.592. The first-order valence-corrected chi connectivity index (χ1v) is 8.24. The Hall–Kier alpha value is -2.61. The number of hydrogen-bond donors (Lipinski definition) is 2. The minimum Gasteiger partial charge on any atom is -0.493 e. The lowest BCUT2D eigenvalue weighted by molar-refractivity contribution is 0.0958. The third-order valence-electron chi connectivity index (χ3n) is 3.05. The molecule has 128 valence electrons. The van der Waals surface area contributed by atoms with Gasteiger partial charge in [0.25, 0.3) is 5.91 Å². The Balaban J connectivity index is 2.03. The van der Waals surface area contributed by atoms with E-state index in [1.54, 1.807) is 20.1 Å². The smallest absolute Gasteiger partial charge is 0.283 e. The van der Waals surface area contributed by atoms with Crippen LogP contribution in [0.25, 0.3) is 0 Å². The first kappa shape index (κ1) is 17.7. The van der Waals surface area contributed by atoms with Gasteiger partial charge in [0.15, 0.2) is 16.6 Å². The average Bonchev–Trinajstić information content (AvgIpc) is 2.91. The first-order valence-electron chi connectivity index (χ1n) is 7.42. The molecule has 0 aliphatic heterocycles. The second-order valence-electron chi connectivity index (χ2n) is 4.92. The number of methoxy groups -OCH3 is 1. The number of hydrazone groups is 1. The molecule has 1 heterocycles. The van der Waals surface area contributed by atoms with E-state index in [0.29, 0.717) is 33.8 Å². The topological polar surface area (TPSA) is 98.8 Å². The van der Waals surface area contributed by atoms with Crippen LogP contribution in [-0.2, 0) is 0 Å². The molecular weight excluding hydrogens is 328 g/mol. The number of rotatable bonds is 7. The summed E-state index contributed by atoms with van der Waals surface area (Å²) >= 11 is 1.13. The van der Waals surface area contributed by atoms with Crippen LogP contribution in [0.5, 0.6) is 11.5 Å². The van der Waals surface area contributed by atoms with E-state index in [4.69, 9.17) is 15.2 Å². The molecule has 2 aromatic rings. The van der Waals surface area contributed by atoms with Crippen LogP contribution in [0.3, 0.4) is 0 Å². The van der Waals surface area contributed by atoms with Crippen molar-refractivity contribution in [2.75, 3.05) is 19.5 Å². The summed E-state index contributed by atoms with van der Waals surface area (Å²) < 4.78 is 10.9. The number of hydrogen-bond acceptors (Lipinski definition) is 7. The van der Waals surface area contributed by atoms with Crippen molar-refractivity contribution in [2.45, 2.75) is 20.3 Å². The van der Waals surface area contributed by atoms with Gasteiger partial charge in [-0.05, 0) is 37.1 Å². The summed E-state index contributed by atoms with van der Waals surface area (Å²) in [5, 5.41) is 4.31. The number of amides is 1. The summed E-state index contributed by atoms with van der Waals surface area (Å²) in [6, 6.07) is 5.43. The van der Waals surface area contributed by atoms with E-state index in [2.05, 4.69) is 15.5 Å². The van der Waals surface area contributed by atoms with Crippen molar-refractivity contribution in [1.29, 1.82) is 0 Å². The number of ether oxygens (including phenoxy) is 2. The lowest BCUT2D eigenvalue weighted by Gasteiger charge is -2.10. The van der Waals surface area contributed by atoms with E-state index in [9.17, 15) is 4.79 Å². The predicted molar refractivity (Wildman–Crippen MR) is 95.1 cm³/mol. The molecular formula is C16H20N4O3S. The molecule has 2 rings (SSSR count). The van der Waals surface area contributed by atoms with E-state index < -0.39 is 0 Å². The highest BCUT2D eigenvalue weighted by atomic mass is 32.1. The Bertz CT molecular complexity index is 743. The van der Waals surface area contributed by atoms with Crippen LogP contribution in [0.1, 0.15) is 34.3 Å². The fraction of sp³-hybridized carbons (Fsp3) is 0.312. The molecule has 3 N–H and O–H groups in total. The van der Waals surface area contributed by atoms with Crippen LogP contribution in [0.2, 0.25) is 0 Å². The molecule has 8 heteroatoms. The van der Waals surface area contributed by atoms with E-state index in [0.717, 1.165) is 23.3 Å². The number of aromatic nitrogens is 1. The summed E-state index contributed by atoms with van der Waals surface area (Å²) in [7, 11) is 1.58. The predicted octanol–water partition coefficient (Wildman–Crippen LogP) is 2.60. The number of carbonyl (C=O) groups is 1. The molecule has 0 saturated carbocycles. The van der Waals surface area contributed by atoms with Gasteiger partial charge in [-0.25, -0.2) is 10.4 Å². The van der Waals surface area contributed by atoms with Gasteiger partial charge in [0.2, 0.25) is 0 Å². The molecule has 0 atom stereocenters. The number of carbonyl (C=O) groups excluding carboxylic acids is 1. The van der Waals surface area contributed by atoms with Gasteiger partial charge in [-0.1, -0.05) is 18.3 Å². The Morgan fingerprint density at radius 2 is 2.25 bits per heavy atom. The molecule has 0 saturated heterocycles. The van der Waals surface area contributed by atoms with Crippen LogP contribution in [0, 0.1) is 6.92 Å². The second kappa shape index (κ2) is 8.30. The zero-order valence-corrected chi connectivity index (χ0v) is 14.6. The maximum atomic E-state index is 12.0. The zero-order chi connectivity index (χ0) is 17.5. The SMILES string of the molecule is CCCOc1ccc(C=NNC(=O)c2sc(N)nc2C)cc1OC. The van der Waals surface area contributed by atoms with Crippen molar-refractivity contribution in [1.82, 2.24) is 10.4 Å². The molecule has 1 aromatic carbocycles. The summed E-state index contributed by atoms with van der Waals surface area (Å²) in [4.78, 5) is 16.5. The summed E-state index contributed by atoms with van der Waals surface area (Å²) in [5.41, 5.74) is 9.40. The molecule has 0 radical (unpaired) electrons. The number of aryl methyl sites for hydroxylation is 1. The van der Waals surface area contributed by atoms with E-state index in [-0.39, 0.29) is 5.91 Å². The number of nitrogens with one attached hydrogen (secondary N) is 1. The van der Waals surface area contributed by atoms with Crippen molar-refractivity contribution in [3.8, 4) is 11.5 Å². The van der Waals surface area contributed by atoms with Crippen LogP contribution in [0.15, 0.2) is 23.3 Å². The minimum absolute atomic E-state index is 0.340. The highest BCUT2D eigenvalue weighted by Gasteiger charge is 2.13. The Labute approximate surface area is 144 Å². The maximum Gasteiger partial charge on any atom is 0.283 e.